The molecule has 0 unspecified atom stereocenters. The molecule has 5 nitrogen and oxygen atoms in total. The van der Waals surface area contributed by atoms with Gasteiger partial charge in [0.15, 0.2) is 5.75 Å². The highest BCUT2D eigenvalue weighted by Crippen LogP contribution is 2.07. The molecule has 0 bridgehead atoms. The van der Waals surface area contributed by atoms with Crippen molar-refractivity contribution >= 4 is 0 Å². The Hall–Kier alpha value is -1.33. The van der Waals surface area contributed by atoms with Gasteiger partial charge in [0.2, 0.25) is 5.43 Å². The van der Waals surface area contributed by atoms with Gasteiger partial charge in [-0.1, -0.05) is 0 Å². The first-order valence-corrected chi connectivity index (χ1v) is 4.60. The Bertz CT molecular complexity index is 372. The molecule has 1 N–H and O–H groups in total. The number of hydrogen-bond acceptors (Lipinski definition) is 4. The van der Waals surface area contributed by atoms with Gasteiger partial charge < -0.3 is 19.1 Å². The Morgan fingerprint density at radius 2 is 2.20 bits per heavy atom. The Morgan fingerprint density at radius 1 is 1.47 bits per heavy atom. The maximum atomic E-state index is 11.4. The second kappa shape index (κ2) is 5.53. The van der Waals surface area contributed by atoms with E-state index in [2.05, 4.69) is 0 Å². The summed E-state index contributed by atoms with van der Waals surface area (Å²) >= 11 is 0. The van der Waals surface area contributed by atoms with Crippen LogP contribution < -0.4 is 10.2 Å². The van der Waals surface area contributed by atoms with Crippen molar-refractivity contribution in [3.63, 3.8) is 0 Å². The van der Waals surface area contributed by atoms with E-state index in [9.17, 15) is 4.79 Å². The summed E-state index contributed by atoms with van der Waals surface area (Å²) in [4.78, 5) is 11.4. The van der Waals surface area contributed by atoms with Gasteiger partial charge in [0.25, 0.3) is 0 Å². The molecule has 0 saturated heterocycles. The standard InChI is InChI=1S/C10H15NO4/c1-14-7-8-5-9(13)10(15-2)6-11(8)3-4-12/h5-6,12H,3-4,7H2,1-2H3. The molecule has 0 aliphatic carbocycles. The Morgan fingerprint density at radius 3 is 2.73 bits per heavy atom. The first kappa shape index (κ1) is 11.7. The summed E-state index contributed by atoms with van der Waals surface area (Å²) in [6.45, 7) is 0.747. The van der Waals surface area contributed by atoms with Crippen molar-refractivity contribution in [2.75, 3.05) is 20.8 Å². The summed E-state index contributed by atoms with van der Waals surface area (Å²) in [7, 11) is 2.99. The number of aromatic nitrogens is 1. The highest BCUT2D eigenvalue weighted by Gasteiger charge is 2.06. The Balaban J connectivity index is 3.13. The van der Waals surface area contributed by atoms with Crippen LogP contribution in [-0.4, -0.2) is 30.5 Å². The first-order chi connectivity index (χ1) is 7.22. The van der Waals surface area contributed by atoms with E-state index >= 15 is 0 Å². The van der Waals surface area contributed by atoms with E-state index in [0.717, 1.165) is 5.69 Å². The van der Waals surface area contributed by atoms with Crippen LogP contribution in [-0.2, 0) is 17.9 Å². The maximum absolute atomic E-state index is 11.4. The SMILES string of the molecule is COCc1cc(=O)c(OC)cn1CCO. The van der Waals surface area contributed by atoms with E-state index in [1.165, 1.54) is 13.2 Å². The van der Waals surface area contributed by atoms with Gasteiger partial charge in [-0.3, -0.25) is 4.79 Å². The summed E-state index contributed by atoms with van der Waals surface area (Å²) in [5.74, 6) is 0.267. The molecule has 1 aromatic rings. The lowest BCUT2D eigenvalue weighted by Gasteiger charge is -2.12. The summed E-state index contributed by atoms with van der Waals surface area (Å²) in [6, 6.07) is 1.46. The van der Waals surface area contributed by atoms with E-state index in [0.29, 0.717) is 13.2 Å². The van der Waals surface area contributed by atoms with Gasteiger partial charge >= 0.3 is 0 Å². The van der Waals surface area contributed by atoms with E-state index in [4.69, 9.17) is 14.6 Å². The van der Waals surface area contributed by atoms with E-state index < -0.39 is 0 Å². The number of hydrogen-bond donors (Lipinski definition) is 1. The van der Waals surface area contributed by atoms with E-state index in [-0.39, 0.29) is 17.8 Å². The average molecular weight is 213 g/mol. The number of ether oxygens (including phenoxy) is 2. The Labute approximate surface area is 87.9 Å². The molecule has 5 heteroatoms. The molecular formula is C10H15NO4. The fraction of sp³-hybridized carbons (Fsp3) is 0.500. The molecule has 1 aromatic heterocycles. The fourth-order valence-corrected chi connectivity index (χ4v) is 1.34. The summed E-state index contributed by atoms with van der Waals surface area (Å²) in [6.07, 6.45) is 1.58. The van der Waals surface area contributed by atoms with Gasteiger partial charge in [0.1, 0.15) is 0 Å². The smallest absolute Gasteiger partial charge is 0.223 e. The molecule has 0 fully saturated rings. The number of aliphatic hydroxyl groups is 1. The lowest BCUT2D eigenvalue weighted by atomic mass is 10.3. The van der Waals surface area contributed by atoms with Crippen LogP contribution in [0, 0.1) is 0 Å². The van der Waals surface area contributed by atoms with Crippen molar-refractivity contribution in [1.82, 2.24) is 4.57 Å². The van der Waals surface area contributed by atoms with E-state index in [1.807, 2.05) is 0 Å². The summed E-state index contributed by atoms with van der Waals surface area (Å²) < 4.78 is 11.6. The summed E-state index contributed by atoms with van der Waals surface area (Å²) in [5, 5.41) is 8.86. The largest absolute Gasteiger partial charge is 0.491 e. The molecule has 0 amide bonds. The van der Waals surface area contributed by atoms with Gasteiger partial charge in [-0.25, -0.2) is 0 Å². The third-order valence-electron chi connectivity index (χ3n) is 2.04. The van der Waals surface area contributed by atoms with Crippen LogP contribution in [0.25, 0.3) is 0 Å². The zero-order valence-corrected chi connectivity index (χ0v) is 8.90. The highest BCUT2D eigenvalue weighted by atomic mass is 16.5. The summed E-state index contributed by atoms with van der Waals surface area (Å²) in [5.41, 5.74) is 0.538. The molecule has 84 valence electrons. The van der Waals surface area contributed by atoms with Crippen LogP contribution in [0.3, 0.4) is 0 Å². The van der Waals surface area contributed by atoms with Crippen molar-refractivity contribution < 1.29 is 14.6 Å². The normalized spacial score (nSPS) is 10.3. The lowest BCUT2D eigenvalue weighted by Crippen LogP contribution is -2.16. The van der Waals surface area contributed by atoms with Gasteiger partial charge in [-0.2, -0.15) is 0 Å². The van der Waals surface area contributed by atoms with Crippen molar-refractivity contribution in [2.45, 2.75) is 13.2 Å². The zero-order chi connectivity index (χ0) is 11.3. The monoisotopic (exact) mass is 213 g/mol. The number of pyridine rings is 1. The van der Waals surface area contributed by atoms with Crippen LogP contribution >= 0.6 is 0 Å². The molecule has 0 radical (unpaired) electrons. The molecule has 0 atom stereocenters. The average Bonchev–Trinajstić information content (AvgIpc) is 2.22. The van der Waals surface area contributed by atoms with Gasteiger partial charge in [0, 0.05) is 25.4 Å². The third kappa shape index (κ3) is 2.81. The number of aliphatic hydroxyl groups excluding tert-OH is 1. The predicted octanol–water partition coefficient (Wildman–Crippen LogP) is -0.00440. The van der Waals surface area contributed by atoms with Gasteiger partial charge in [-0.15, -0.1) is 0 Å². The predicted molar refractivity (Wildman–Crippen MR) is 55.1 cm³/mol. The molecule has 1 rings (SSSR count). The minimum absolute atomic E-state index is 0.00272. The van der Waals surface area contributed by atoms with Crippen molar-refractivity contribution in [3.8, 4) is 5.75 Å². The molecule has 0 spiro atoms. The topological polar surface area (TPSA) is 60.7 Å². The van der Waals surface area contributed by atoms with Crippen LogP contribution in [0.1, 0.15) is 5.69 Å². The third-order valence-corrected chi connectivity index (χ3v) is 2.04. The van der Waals surface area contributed by atoms with Crippen LogP contribution in [0.4, 0.5) is 0 Å². The first-order valence-electron chi connectivity index (χ1n) is 4.60. The maximum Gasteiger partial charge on any atom is 0.223 e. The molecule has 15 heavy (non-hydrogen) atoms. The van der Waals surface area contributed by atoms with Crippen LogP contribution in [0.5, 0.6) is 5.75 Å². The van der Waals surface area contributed by atoms with Gasteiger partial charge in [-0.05, 0) is 0 Å². The van der Waals surface area contributed by atoms with Gasteiger partial charge in [0.05, 0.1) is 26.5 Å². The highest BCUT2D eigenvalue weighted by molar-refractivity contribution is 5.21. The lowest BCUT2D eigenvalue weighted by molar-refractivity contribution is 0.174. The molecule has 0 aromatic carbocycles. The van der Waals surface area contributed by atoms with Crippen molar-refractivity contribution in [1.29, 1.82) is 0 Å². The molecule has 1 heterocycles. The molecule has 0 saturated carbocycles. The Kier molecular flexibility index (Phi) is 4.33. The number of methoxy groups -OCH3 is 2. The van der Waals surface area contributed by atoms with Crippen LogP contribution in [0.2, 0.25) is 0 Å². The fourth-order valence-electron chi connectivity index (χ4n) is 1.34. The van der Waals surface area contributed by atoms with E-state index in [1.54, 1.807) is 17.9 Å². The molecular weight excluding hydrogens is 198 g/mol. The zero-order valence-electron chi connectivity index (χ0n) is 8.90. The number of rotatable bonds is 5. The quantitative estimate of drug-likeness (QED) is 0.747. The minimum Gasteiger partial charge on any atom is -0.491 e. The van der Waals surface area contributed by atoms with Crippen LogP contribution in [0.15, 0.2) is 17.1 Å². The minimum atomic E-state index is -0.182. The van der Waals surface area contributed by atoms with Crippen molar-refractivity contribution in [2.24, 2.45) is 0 Å². The second-order valence-electron chi connectivity index (χ2n) is 3.05. The molecule has 0 aliphatic rings. The van der Waals surface area contributed by atoms with Crippen molar-refractivity contribution in [3.05, 3.63) is 28.2 Å². The second-order valence-corrected chi connectivity index (χ2v) is 3.05. The molecule has 0 aliphatic heterocycles. The number of nitrogens with zero attached hydrogens (tertiary/aromatic N) is 1.